The molecule has 1 amide bonds. The molecular formula is C15H30N2O2. The molecule has 112 valence electrons. The van der Waals surface area contributed by atoms with E-state index >= 15 is 0 Å². The van der Waals surface area contributed by atoms with Gasteiger partial charge in [-0.25, -0.2) is 0 Å². The molecule has 0 aromatic carbocycles. The van der Waals surface area contributed by atoms with Gasteiger partial charge in [0.05, 0.1) is 19.3 Å². The van der Waals surface area contributed by atoms with Gasteiger partial charge in [-0.1, -0.05) is 13.8 Å². The van der Waals surface area contributed by atoms with Crippen LogP contribution < -0.4 is 0 Å². The average molecular weight is 270 g/mol. The Hall–Kier alpha value is -0.610. The summed E-state index contributed by atoms with van der Waals surface area (Å²) in [6.07, 6.45) is 2.81. The molecule has 1 saturated heterocycles. The second-order valence-corrected chi connectivity index (χ2v) is 5.89. The van der Waals surface area contributed by atoms with E-state index in [1.165, 1.54) is 12.8 Å². The molecule has 1 aliphatic heterocycles. The van der Waals surface area contributed by atoms with Crippen LogP contribution in [0.2, 0.25) is 0 Å². The fourth-order valence-electron chi connectivity index (χ4n) is 2.28. The smallest absolute Gasteiger partial charge is 0.236 e. The number of amides is 1. The van der Waals surface area contributed by atoms with E-state index < -0.39 is 0 Å². The fourth-order valence-corrected chi connectivity index (χ4v) is 2.28. The molecule has 1 saturated carbocycles. The van der Waals surface area contributed by atoms with Crippen molar-refractivity contribution >= 4 is 5.91 Å². The first kappa shape index (κ1) is 16.4. The largest absolute Gasteiger partial charge is 0.378 e. The Labute approximate surface area is 118 Å². The summed E-state index contributed by atoms with van der Waals surface area (Å²) in [4.78, 5) is 15.7. The highest BCUT2D eigenvalue weighted by atomic mass is 16.5. The van der Waals surface area contributed by atoms with Crippen molar-refractivity contribution in [3.8, 4) is 0 Å². The van der Waals surface area contributed by atoms with E-state index in [0.717, 1.165) is 26.2 Å². The van der Waals surface area contributed by atoms with Gasteiger partial charge >= 0.3 is 0 Å². The third-order valence-corrected chi connectivity index (χ3v) is 3.78. The zero-order valence-electron chi connectivity index (χ0n) is 13.2. The lowest BCUT2D eigenvalue weighted by Crippen LogP contribution is -2.50. The summed E-state index contributed by atoms with van der Waals surface area (Å²) in [5, 5.41) is 0. The number of carbonyl (C=O) groups is 1. The Kier molecular flexibility index (Phi) is 6.27. The highest BCUT2D eigenvalue weighted by Gasteiger charge is 2.45. The minimum absolute atomic E-state index is 0.247. The molecule has 19 heavy (non-hydrogen) atoms. The highest BCUT2D eigenvalue weighted by Crippen LogP contribution is 2.46. The Morgan fingerprint density at radius 1 is 1.26 bits per heavy atom. The number of likely N-dealkylation sites (N-methyl/N-ethyl adjacent to an activating group) is 1. The predicted octanol–water partition coefficient (Wildman–Crippen LogP) is 1.99. The molecule has 4 heteroatoms. The van der Waals surface area contributed by atoms with Crippen molar-refractivity contribution in [2.75, 3.05) is 39.8 Å². The maximum Gasteiger partial charge on any atom is 0.236 e. The summed E-state index contributed by atoms with van der Waals surface area (Å²) in [6.45, 7) is 12.5. The highest BCUT2D eigenvalue weighted by molar-refractivity contribution is 5.78. The Balaban J connectivity index is 0.000000861. The molecule has 2 fully saturated rings. The van der Waals surface area contributed by atoms with Gasteiger partial charge in [-0.05, 0) is 26.7 Å². The number of rotatable bonds is 5. The fraction of sp³-hybridized carbons (Fsp3) is 0.933. The molecule has 2 aliphatic rings. The average Bonchev–Trinajstić information content (AvgIpc) is 3.14. The van der Waals surface area contributed by atoms with Gasteiger partial charge in [-0.15, -0.1) is 0 Å². The number of piperazine rings is 1. The van der Waals surface area contributed by atoms with E-state index in [1.807, 2.05) is 25.8 Å². The molecule has 0 atom stereocenters. The van der Waals surface area contributed by atoms with Crippen molar-refractivity contribution in [3.63, 3.8) is 0 Å². The second-order valence-electron chi connectivity index (χ2n) is 5.89. The minimum Gasteiger partial charge on any atom is -0.378 e. The maximum absolute atomic E-state index is 11.6. The summed E-state index contributed by atoms with van der Waals surface area (Å²) in [5.74, 6) is 0.247. The topological polar surface area (TPSA) is 32.8 Å². The van der Waals surface area contributed by atoms with E-state index in [9.17, 15) is 4.79 Å². The molecule has 0 aromatic rings. The number of hydrogen-bond donors (Lipinski definition) is 0. The molecule has 1 aliphatic carbocycles. The minimum atomic E-state index is 0.247. The van der Waals surface area contributed by atoms with Crippen LogP contribution in [0.5, 0.6) is 0 Å². The monoisotopic (exact) mass is 270 g/mol. The standard InChI is InChI=1S/C13H24N2O2.C2H6/c1-11(2)17-10-13(4-5-13)9-15-7-6-14(3)12(16)8-15;1-2/h11H,4-10H2,1-3H3;1-2H3. The third kappa shape index (κ3) is 5.11. The van der Waals surface area contributed by atoms with Crippen molar-refractivity contribution in [1.29, 1.82) is 0 Å². The Morgan fingerprint density at radius 3 is 2.37 bits per heavy atom. The van der Waals surface area contributed by atoms with E-state index in [2.05, 4.69) is 18.7 Å². The van der Waals surface area contributed by atoms with Gasteiger partial charge in [-0.2, -0.15) is 0 Å². The first-order valence-electron chi connectivity index (χ1n) is 7.59. The first-order chi connectivity index (χ1) is 9.01. The van der Waals surface area contributed by atoms with Crippen molar-refractivity contribution in [1.82, 2.24) is 9.80 Å². The molecule has 2 rings (SSSR count). The van der Waals surface area contributed by atoms with Gasteiger partial charge in [0.15, 0.2) is 0 Å². The van der Waals surface area contributed by atoms with Gasteiger partial charge in [0, 0.05) is 32.1 Å². The molecule has 0 N–H and O–H groups in total. The number of hydrogen-bond acceptors (Lipinski definition) is 3. The number of carbonyl (C=O) groups excluding carboxylic acids is 1. The van der Waals surface area contributed by atoms with E-state index in [4.69, 9.17) is 4.74 Å². The molecule has 0 bridgehead atoms. The van der Waals surface area contributed by atoms with Gasteiger partial charge in [0.1, 0.15) is 0 Å². The SMILES string of the molecule is CC.CC(C)OCC1(CN2CCN(C)C(=O)C2)CC1. The van der Waals surface area contributed by atoms with Crippen LogP contribution in [0.3, 0.4) is 0 Å². The first-order valence-corrected chi connectivity index (χ1v) is 7.59. The van der Waals surface area contributed by atoms with E-state index in [0.29, 0.717) is 18.1 Å². The van der Waals surface area contributed by atoms with Crippen LogP contribution in [-0.4, -0.2) is 61.6 Å². The molecule has 4 nitrogen and oxygen atoms in total. The summed E-state index contributed by atoms with van der Waals surface area (Å²) in [7, 11) is 1.88. The van der Waals surface area contributed by atoms with Crippen molar-refractivity contribution in [3.05, 3.63) is 0 Å². The second kappa shape index (κ2) is 7.25. The van der Waals surface area contributed by atoms with Crippen molar-refractivity contribution < 1.29 is 9.53 Å². The summed E-state index contributed by atoms with van der Waals surface area (Å²) in [5.41, 5.74) is 0.348. The van der Waals surface area contributed by atoms with Gasteiger partial charge in [-0.3, -0.25) is 9.69 Å². The van der Waals surface area contributed by atoms with Crippen LogP contribution in [0.4, 0.5) is 0 Å². The van der Waals surface area contributed by atoms with Gasteiger partial charge in [0.2, 0.25) is 5.91 Å². The number of ether oxygens (including phenoxy) is 1. The van der Waals surface area contributed by atoms with Crippen LogP contribution >= 0.6 is 0 Å². The van der Waals surface area contributed by atoms with Gasteiger partial charge < -0.3 is 9.64 Å². The van der Waals surface area contributed by atoms with Gasteiger partial charge in [0.25, 0.3) is 0 Å². The Morgan fingerprint density at radius 2 is 1.89 bits per heavy atom. The van der Waals surface area contributed by atoms with E-state index in [-0.39, 0.29) is 5.91 Å². The third-order valence-electron chi connectivity index (χ3n) is 3.78. The van der Waals surface area contributed by atoms with E-state index in [1.54, 1.807) is 0 Å². The summed E-state index contributed by atoms with van der Waals surface area (Å²) in [6, 6.07) is 0. The van der Waals surface area contributed by atoms with Crippen molar-refractivity contribution in [2.24, 2.45) is 5.41 Å². The lowest BCUT2D eigenvalue weighted by molar-refractivity contribution is -0.134. The van der Waals surface area contributed by atoms with Crippen LogP contribution in [0.25, 0.3) is 0 Å². The van der Waals surface area contributed by atoms with Crippen molar-refractivity contribution in [2.45, 2.75) is 46.6 Å². The predicted molar refractivity (Wildman–Crippen MR) is 78.2 cm³/mol. The number of nitrogens with zero attached hydrogens (tertiary/aromatic N) is 2. The normalized spacial score (nSPS) is 22.2. The van der Waals surface area contributed by atoms with Crippen LogP contribution in [0, 0.1) is 5.41 Å². The lowest BCUT2D eigenvalue weighted by atomic mass is 10.1. The quantitative estimate of drug-likeness (QED) is 0.766. The Bertz CT molecular complexity index is 288. The lowest BCUT2D eigenvalue weighted by Gasteiger charge is -2.34. The summed E-state index contributed by atoms with van der Waals surface area (Å²) >= 11 is 0. The molecule has 0 radical (unpaired) electrons. The molecule has 1 heterocycles. The maximum atomic E-state index is 11.6. The van der Waals surface area contributed by atoms with Crippen LogP contribution in [0.1, 0.15) is 40.5 Å². The molecular weight excluding hydrogens is 240 g/mol. The van der Waals surface area contributed by atoms with Crippen LogP contribution in [-0.2, 0) is 9.53 Å². The zero-order valence-corrected chi connectivity index (χ0v) is 13.2. The molecule has 0 spiro atoms. The summed E-state index contributed by atoms with van der Waals surface area (Å²) < 4.78 is 5.74. The zero-order chi connectivity index (χ0) is 14.5. The molecule has 0 unspecified atom stereocenters. The molecule has 0 aromatic heterocycles. The van der Waals surface area contributed by atoms with Crippen LogP contribution in [0.15, 0.2) is 0 Å².